The average molecular weight is 271 g/mol. The third-order valence-corrected chi connectivity index (χ3v) is 2.80. The van der Waals surface area contributed by atoms with Crippen molar-refractivity contribution in [2.75, 3.05) is 0 Å². The Morgan fingerprint density at radius 1 is 1.20 bits per heavy atom. The normalized spacial score (nSPS) is 10.1. The summed E-state index contributed by atoms with van der Waals surface area (Å²) in [6, 6.07) is 13.4. The van der Waals surface area contributed by atoms with Crippen molar-refractivity contribution in [3.63, 3.8) is 0 Å². The van der Waals surface area contributed by atoms with Gasteiger partial charge in [0.15, 0.2) is 0 Å². The van der Waals surface area contributed by atoms with Crippen LogP contribution in [0.2, 0.25) is 0 Å². The number of ether oxygens (including phenoxy) is 1. The van der Waals surface area contributed by atoms with E-state index in [2.05, 4.69) is 0 Å². The van der Waals surface area contributed by atoms with E-state index in [1.807, 2.05) is 30.3 Å². The number of esters is 1. The van der Waals surface area contributed by atoms with Crippen LogP contribution in [-0.2, 0) is 11.2 Å². The van der Waals surface area contributed by atoms with Crippen molar-refractivity contribution in [3.8, 4) is 5.75 Å². The van der Waals surface area contributed by atoms with E-state index in [1.54, 1.807) is 13.0 Å². The van der Waals surface area contributed by atoms with Crippen LogP contribution in [0.15, 0.2) is 48.5 Å². The van der Waals surface area contributed by atoms with Crippen LogP contribution in [0, 0.1) is 17.0 Å². The van der Waals surface area contributed by atoms with Crippen LogP contribution in [0.3, 0.4) is 0 Å². The molecule has 0 saturated heterocycles. The van der Waals surface area contributed by atoms with Crippen molar-refractivity contribution in [2.45, 2.75) is 13.3 Å². The summed E-state index contributed by atoms with van der Waals surface area (Å²) in [6.07, 6.45) is 0.128. The minimum Gasteiger partial charge on any atom is -0.426 e. The Morgan fingerprint density at radius 3 is 2.55 bits per heavy atom. The molecule has 0 aromatic heterocycles. The summed E-state index contributed by atoms with van der Waals surface area (Å²) in [5.41, 5.74) is 1.41. The first kappa shape index (κ1) is 13.7. The minimum atomic E-state index is -0.520. The van der Waals surface area contributed by atoms with Gasteiger partial charge in [-0.05, 0) is 24.1 Å². The molecule has 0 amide bonds. The molecule has 2 aromatic rings. The Morgan fingerprint density at radius 2 is 1.90 bits per heavy atom. The second-order valence-corrected chi connectivity index (χ2v) is 4.34. The summed E-state index contributed by atoms with van der Waals surface area (Å²) in [5, 5.41) is 10.7. The number of carbonyl (C=O) groups is 1. The van der Waals surface area contributed by atoms with Gasteiger partial charge in [-0.3, -0.25) is 14.9 Å². The fourth-order valence-electron chi connectivity index (χ4n) is 1.73. The number of benzene rings is 2. The summed E-state index contributed by atoms with van der Waals surface area (Å²) in [7, 11) is 0. The molecule has 5 nitrogen and oxygen atoms in total. The lowest BCUT2D eigenvalue weighted by atomic mass is 10.1. The van der Waals surface area contributed by atoms with E-state index in [1.165, 1.54) is 12.1 Å². The smallest absolute Gasteiger partial charge is 0.315 e. The SMILES string of the molecule is Cc1ccc([N+](=O)[O-])cc1OC(=O)Cc1ccccc1. The van der Waals surface area contributed by atoms with Gasteiger partial charge in [-0.25, -0.2) is 0 Å². The molecule has 2 rings (SSSR count). The molecule has 0 bridgehead atoms. The summed E-state index contributed by atoms with van der Waals surface area (Å²) in [6.45, 7) is 1.73. The van der Waals surface area contributed by atoms with E-state index in [-0.39, 0.29) is 17.9 Å². The van der Waals surface area contributed by atoms with Gasteiger partial charge in [0.05, 0.1) is 17.4 Å². The number of rotatable bonds is 4. The highest BCUT2D eigenvalue weighted by atomic mass is 16.6. The molecule has 0 aliphatic carbocycles. The first-order valence-corrected chi connectivity index (χ1v) is 6.06. The summed E-state index contributed by atoms with van der Waals surface area (Å²) in [4.78, 5) is 22.0. The number of carbonyl (C=O) groups excluding carboxylic acids is 1. The molecule has 0 aliphatic rings. The van der Waals surface area contributed by atoms with Gasteiger partial charge in [0.1, 0.15) is 5.75 Å². The predicted molar refractivity (Wildman–Crippen MR) is 73.6 cm³/mol. The molecule has 0 atom stereocenters. The van der Waals surface area contributed by atoms with E-state index >= 15 is 0 Å². The van der Waals surface area contributed by atoms with Gasteiger partial charge in [-0.2, -0.15) is 0 Å². The van der Waals surface area contributed by atoms with Gasteiger partial charge < -0.3 is 4.74 Å². The molecule has 0 saturated carbocycles. The topological polar surface area (TPSA) is 69.4 Å². The number of non-ortho nitro benzene ring substituents is 1. The molecule has 5 heteroatoms. The highest BCUT2D eigenvalue weighted by Gasteiger charge is 2.13. The lowest BCUT2D eigenvalue weighted by molar-refractivity contribution is -0.384. The number of hydrogen-bond donors (Lipinski definition) is 0. The summed E-state index contributed by atoms with van der Waals surface area (Å²) in [5.74, 6) is -0.222. The van der Waals surface area contributed by atoms with Crippen LogP contribution >= 0.6 is 0 Å². The van der Waals surface area contributed by atoms with Crippen molar-refractivity contribution in [1.29, 1.82) is 0 Å². The Hall–Kier alpha value is -2.69. The maximum absolute atomic E-state index is 11.8. The number of hydrogen-bond acceptors (Lipinski definition) is 4. The van der Waals surface area contributed by atoms with Crippen molar-refractivity contribution in [1.82, 2.24) is 0 Å². The second kappa shape index (κ2) is 5.97. The first-order valence-electron chi connectivity index (χ1n) is 6.06. The van der Waals surface area contributed by atoms with Crippen LogP contribution in [0.1, 0.15) is 11.1 Å². The number of aryl methyl sites for hydroxylation is 1. The van der Waals surface area contributed by atoms with Crippen molar-refractivity contribution < 1.29 is 14.5 Å². The summed E-state index contributed by atoms with van der Waals surface area (Å²) < 4.78 is 5.20. The zero-order chi connectivity index (χ0) is 14.5. The average Bonchev–Trinajstić information content (AvgIpc) is 2.42. The van der Waals surface area contributed by atoms with E-state index in [9.17, 15) is 14.9 Å². The van der Waals surface area contributed by atoms with Gasteiger partial charge in [0, 0.05) is 6.07 Å². The number of nitrogens with zero attached hydrogens (tertiary/aromatic N) is 1. The quantitative estimate of drug-likeness (QED) is 0.371. The van der Waals surface area contributed by atoms with Crippen LogP contribution in [0.4, 0.5) is 5.69 Å². The fourth-order valence-corrected chi connectivity index (χ4v) is 1.73. The standard InChI is InChI=1S/C15H13NO4/c1-11-7-8-13(16(18)19)10-14(11)20-15(17)9-12-5-3-2-4-6-12/h2-8,10H,9H2,1H3. The molecule has 0 radical (unpaired) electrons. The van der Waals surface area contributed by atoms with Crippen LogP contribution in [0.5, 0.6) is 5.75 Å². The number of nitro benzene ring substituents is 1. The Kier molecular flexibility index (Phi) is 4.10. The molecule has 2 aromatic carbocycles. The first-order chi connectivity index (χ1) is 9.56. The van der Waals surface area contributed by atoms with Crippen molar-refractivity contribution >= 4 is 11.7 Å². The Balaban J connectivity index is 2.11. The third-order valence-electron chi connectivity index (χ3n) is 2.80. The zero-order valence-corrected chi connectivity index (χ0v) is 10.9. The highest BCUT2D eigenvalue weighted by molar-refractivity contribution is 5.75. The lowest BCUT2D eigenvalue weighted by Gasteiger charge is -2.07. The van der Waals surface area contributed by atoms with Gasteiger partial charge in [0.2, 0.25) is 0 Å². The Bertz CT molecular complexity index is 638. The lowest BCUT2D eigenvalue weighted by Crippen LogP contribution is -2.12. The maximum Gasteiger partial charge on any atom is 0.315 e. The largest absolute Gasteiger partial charge is 0.426 e. The maximum atomic E-state index is 11.8. The van der Waals surface area contributed by atoms with Crippen molar-refractivity contribution in [2.24, 2.45) is 0 Å². The molecule has 0 spiro atoms. The molecule has 0 fully saturated rings. The molecule has 0 aliphatic heterocycles. The van der Waals surface area contributed by atoms with Gasteiger partial charge in [-0.15, -0.1) is 0 Å². The third kappa shape index (κ3) is 3.41. The molecule has 102 valence electrons. The van der Waals surface area contributed by atoms with Gasteiger partial charge >= 0.3 is 5.97 Å². The van der Waals surface area contributed by atoms with Gasteiger partial charge in [-0.1, -0.05) is 30.3 Å². The van der Waals surface area contributed by atoms with Crippen LogP contribution in [0.25, 0.3) is 0 Å². The molecule has 20 heavy (non-hydrogen) atoms. The fraction of sp³-hybridized carbons (Fsp3) is 0.133. The predicted octanol–water partition coefficient (Wildman–Crippen LogP) is 3.05. The van der Waals surface area contributed by atoms with E-state index in [0.717, 1.165) is 5.56 Å². The van der Waals surface area contributed by atoms with Crippen LogP contribution in [-0.4, -0.2) is 10.9 Å². The second-order valence-electron chi connectivity index (χ2n) is 4.34. The molecule has 0 heterocycles. The summed E-state index contributed by atoms with van der Waals surface area (Å²) >= 11 is 0. The van der Waals surface area contributed by atoms with Crippen LogP contribution < -0.4 is 4.74 Å². The highest BCUT2D eigenvalue weighted by Crippen LogP contribution is 2.24. The van der Waals surface area contributed by atoms with E-state index in [0.29, 0.717) is 5.56 Å². The monoisotopic (exact) mass is 271 g/mol. The molecule has 0 unspecified atom stereocenters. The minimum absolute atomic E-state index is 0.0990. The Labute approximate surface area is 116 Å². The van der Waals surface area contributed by atoms with E-state index in [4.69, 9.17) is 4.74 Å². The van der Waals surface area contributed by atoms with E-state index < -0.39 is 10.9 Å². The molecular weight excluding hydrogens is 258 g/mol. The zero-order valence-electron chi connectivity index (χ0n) is 10.9. The molecular formula is C15H13NO4. The number of nitro groups is 1. The van der Waals surface area contributed by atoms with Gasteiger partial charge in [0.25, 0.3) is 5.69 Å². The molecule has 0 N–H and O–H groups in total. The van der Waals surface area contributed by atoms with Crippen molar-refractivity contribution in [3.05, 3.63) is 69.8 Å².